The van der Waals surface area contributed by atoms with Crippen LogP contribution in [0.2, 0.25) is 0 Å². The predicted octanol–water partition coefficient (Wildman–Crippen LogP) is 2.03. The lowest BCUT2D eigenvalue weighted by Crippen LogP contribution is -2.35. The number of fused-ring (bicyclic) bond motifs is 1. The minimum Gasteiger partial charge on any atom is -0.391 e. The highest BCUT2D eigenvalue weighted by Crippen LogP contribution is 2.41. The fourth-order valence-electron chi connectivity index (χ4n) is 3.93. The first kappa shape index (κ1) is 14.0. The summed E-state index contributed by atoms with van der Waals surface area (Å²) in [7, 11) is 0. The number of thiophene rings is 1. The summed E-state index contributed by atoms with van der Waals surface area (Å²) in [5, 5.41) is 14.3. The van der Waals surface area contributed by atoms with Crippen molar-refractivity contribution >= 4 is 17.2 Å². The SMILES string of the molecule is O=C(c1ccsc1)N1C[C@H]2C[C@@H](n3ccnc3)[C@H](O)C[C@H]2C1. The number of aromatic nitrogens is 2. The number of rotatable bonds is 2. The van der Waals surface area contributed by atoms with Crippen LogP contribution in [-0.4, -0.2) is 44.7 Å². The van der Waals surface area contributed by atoms with E-state index in [4.69, 9.17) is 0 Å². The Hall–Kier alpha value is -1.66. The molecule has 2 aromatic rings. The molecule has 1 saturated carbocycles. The van der Waals surface area contributed by atoms with Crippen LogP contribution in [0.5, 0.6) is 0 Å². The zero-order valence-corrected chi connectivity index (χ0v) is 13.0. The maximum atomic E-state index is 12.5. The molecule has 0 radical (unpaired) electrons. The van der Waals surface area contributed by atoms with Gasteiger partial charge in [-0.15, -0.1) is 0 Å². The Kier molecular flexibility index (Phi) is 3.50. The molecular formula is C16H19N3O2S. The molecule has 22 heavy (non-hydrogen) atoms. The first-order chi connectivity index (χ1) is 10.7. The average molecular weight is 317 g/mol. The molecule has 1 saturated heterocycles. The molecule has 0 bridgehead atoms. The summed E-state index contributed by atoms with van der Waals surface area (Å²) in [5.41, 5.74) is 0.787. The summed E-state index contributed by atoms with van der Waals surface area (Å²) >= 11 is 1.55. The van der Waals surface area contributed by atoms with Gasteiger partial charge in [-0.2, -0.15) is 11.3 Å². The summed E-state index contributed by atoms with van der Waals surface area (Å²) in [6, 6.07) is 1.97. The molecule has 6 heteroatoms. The highest BCUT2D eigenvalue weighted by atomic mass is 32.1. The minimum absolute atomic E-state index is 0.0833. The lowest BCUT2D eigenvalue weighted by Gasteiger charge is -2.35. The fraction of sp³-hybridized carbons (Fsp3) is 0.500. The van der Waals surface area contributed by atoms with Gasteiger partial charge in [-0.25, -0.2) is 4.98 Å². The number of nitrogens with zero attached hydrogens (tertiary/aromatic N) is 3. The zero-order chi connectivity index (χ0) is 15.1. The first-order valence-electron chi connectivity index (χ1n) is 7.69. The van der Waals surface area contributed by atoms with Gasteiger partial charge in [0.1, 0.15) is 0 Å². The van der Waals surface area contributed by atoms with E-state index in [2.05, 4.69) is 4.98 Å². The Bertz CT molecular complexity index is 640. The topological polar surface area (TPSA) is 58.4 Å². The molecule has 1 N–H and O–H groups in total. The van der Waals surface area contributed by atoms with Crippen LogP contribution in [0.15, 0.2) is 35.5 Å². The van der Waals surface area contributed by atoms with Crippen LogP contribution >= 0.6 is 11.3 Å². The quantitative estimate of drug-likeness (QED) is 0.922. The maximum absolute atomic E-state index is 12.5. The summed E-state index contributed by atoms with van der Waals surface area (Å²) in [6.07, 6.45) is 6.76. The molecule has 0 aromatic carbocycles. The van der Waals surface area contributed by atoms with Gasteiger partial charge < -0.3 is 14.6 Å². The van der Waals surface area contributed by atoms with E-state index in [0.29, 0.717) is 11.8 Å². The molecule has 4 atom stereocenters. The van der Waals surface area contributed by atoms with E-state index in [9.17, 15) is 9.90 Å². The van der Waals surface area contributed by atoms with E-state index in [1.807, 2.05) is 32.5 Å². The van der Waals surface area contributed by atoms with Crippen LogP contribution in [0.4, 0.5) is 0 Å². The van der Waals surface area contributed by atoms with Crippen LogP contribution in [0.3, 0.4) is 0 Å². The molecule has 0 spiro atoms. The van der Waals surface area contributed by atoms with Gasteiger partial charge in [0.25, 0.3) is 5.91 Å². The van der Waals surface area contributed by atoms with Crippen LogP contribution in [0.1, 0.15) is 29.2 Å². The number of amides is 1. The number of carbonyl (C=O) groups excluding carboxylic acids is 1. The van der Waals surface area contributed by atoms with Crippen molar-refractivity contribution in [2.24, 2.45) is 11.8 Å². The van der Waals surface area contributed by atoms with E-state index in [0.717, 1.165) is 31.5 Å². The van der Waals surface area contributed by atoms with Gasteiger partial charge >= 0.3 is 0 Å². The number of aliphatic hydroxyl groups excluding tert-OH is 1. The second-order valence-corrected chi connectivity index (χ2v) is 7.14. The molecule has 5 nitrogen and oxygen atoms in total. The van der Waals surface area contributed by atoms with Crippen LogP contribution < -0.4 is 0 Å². The largest absolute Gasteiger partial charge is 0.391 e. The molecule has 2 aliphatic rings. The number of carbonyl (C=O) groups is 1. The van der Waals surface area contributed by atoms with Gasteiger partial charge in [0.15, 0.2) is 0 Å². The molecule has 3 heterocycles. The van der Waals surface area contributed by atoms with Gasteiger partial charge in [0.2, 0.25) is 0 Å². The van der Waals surface area contributed by atoms with Crippen LogP contribution in [0, 0.1) is 11.8 Å². The van der Waals surface area contributed by atoms with E-state index in [1.165, 1.54) is 0 Å². The van der Waals surface area contributed by atoms with Crippen LogP contribution in [0.25, 0.3) is 0 Å². The summed E-state index contributed by atoms with van der Waals surface area (Å²) in [5.74, 6) is 1.01. The molecule has 0 unspecified atom stereocenters. The Balaban J connectivity index is 1.48. The van der Waals surface area contributed by atoms with Crippen molar-refractivity contribution in [3.63, 3.8) is 0 Å². The number of hydrogen-bond donors (Lipinski definition) is 1. The highest BCUT2D eigenvalue weighted by molar-refractivity contribution is 7.08. The third-order valence-corrected chi connectivity index (χ3v) is 5.76. The predicted molar refractivity (Wildman–Crippen MR) is 83.7 cm³/mol. The van der Waals surface area contributed by atoms with Gasteiger partial charge in [-0.3, -0.25) is 4.79 Å². The Morgan fingerprint density at radius 2 is 2.14 bits per heavy atom. The van der Waals surface area contributed by atoms with E-state index < -0.39 is 0 Å². The van der Waals surface area contributed by atoms with Crippen molar-refractivity contribution in [3.05, 3.63) is 41.1 Å². The number of imidazole rings is 1. The van der Waals surface area contributed by atoms with E-state index in [-0.39, 0.29) is 18.1 Å². The van der Waals surface area contributed by atoms with Gasteiger partial charge in [-0.05, 0) is 36.1 Å². The molecule has 116 valence electrons. The smallest absolute Gasteiger partial charge is 0.254 e. The molecule has 2 aromatic heterocycles. The number of likely N-dealkylation sites (tertiary alicyclic amines) is 1. The van der Waals surface area contributed by atoms with Crippen molar-refractivity contribution < 1.29 is 9.90 Å². The molecule has 1 aliphatic carbocycles. The third kappa shape index (κ3) is 2.36. The first-order valence-corrected chi connectivity index (χ1v) is 8.63. The van der Waals surface area contributed by atoms with Crippen molar-refractivity contribution in [2.75, 3.05) is 13.1 Å². The van der Waals surface area contributed by atoms with Crippen molar-refractivity contribution in [3.8, 4) is 0 Å². The second-order valence-electron chi connectivity index (χ2n) is 6.36. The molecular weight excluding hydrogens is 298 g/mol. The lowest BCUT2D eigenvalue weighted by molar-refractivity contribution is 0.0357. The standard InChI is InChI=1S/C16H19N3O2S/c20-15-6-13-8-19(16(21)11-1-4-22-9-11)7-12(13)5-14(15)18-3-2-17-10-18/h1-4,9-10,12-15,20H,5-8H2/t12-,13+,14-,15-/m1/s1. The number of aliphatic hydroxyl groups is 1. The zero-order valence-electron chi connectivity index (χ0n) is 12.2. The lowest BCUT2D eigenvalue weighted by atomic mass is 9.77. The highest BCUT2D eigenvalue weighted by Gasteiger charge is 2.43. The second kappa shape index (κ2) is 5.52. The third-order valence-electron chi connectivity index (χ3n) is 5.07. The Labute approximate surface area is 133 Å². The van der Waals surface area contributed by atoms with E-state index >= 15 is 0 Å². The summed E-state index contributed by atoms with van der Waals surface area (Å²) in [4.78, 5) is 18.5. The van der Waals surface area contributed by atoms with Gasteiger partial charge in [-0.1, -0.05) is 0 Å². The average Bonchev–Trinajstić information content (AvgIpc) is 3.25. The number of hydrogen-bond acceptors (Lipinski definition) is 4. The van der Waals surface area contributed by atoms with E-state index in [1.54, 1.807) is 23.9 Å². The van der Waals surface area contributed by atoms with Crippen molar-refractivity contribution in [1.82, 2.24) is 14.5 Å². The van der Waals surface area contributed by atoms with Crippen LogP contribution in [-0.2, 0) is 0 Å². The Morgan fingerprint density at radius 1 is 1.32 bits per heavy atom. The fourth-order valence-corrected chi connectivity index (χ4v) is 4.56. The summed E-state index contributed by atoms with van der Waals surface area (Å²) in [6.45, 7) is 1.57. The normalized spacial score (nSPS) is 31.2. The monoisotopic (exact) mass is 317 g/mol. The maximum Gasteiger partial charge on any atom is 0.254 e. The molecule has 1 amide bonds. The minimum atomic E-state index is -0.355. The van der Waals surface area contributed by atoms with Gasteiger partial charge in [0.05, 0.1) is 24.0 Å². The van der Waals surface area contributed by atoms with Crippen molar-refractivity contribution in [2.45, 2.75) is 25.0 Å². The molecule has 2 fully saturated rings. The van der Waals surface area contributed by atoms with Crippen molar-refractivity contribution in [1.29, 1.82) is 0 Å². The summed E-state index contributed by atoms with van der Waals surface area (Å²) < 4.78 is 2.00. The molecule has 4 rings (SSSR count). The molecule has 1 aliphatic heterocycles. The Morgan fingerprint density at radius 3 is 2.82 bits per heavy atom. The van der Waals surface area contributed by atoms with Gasteiger partial charge in [0, 0.05) is 30.9 Å².